The second-order valence-corrected chi connectivity index (χ2v) is 13.0. The maximum absolute atomic E-state index is 15.3. The molecule has 2 fully saturated rings. The molecular weight excluding hydrogens is 503 g/mol. The van der Waals surface area contributed by atoms with E-state index in [1.54, 1.807) is 30.3 Å². The molecule has 7 nitrogen and oxygen atoms in total. The molecule has 0 spiro atoms. The summed E-state index contributed by atoms with van der Waals surface area (Å²) in [5.41, 5.74) is 2.90. The highest BCUT2D eigenvalue weighted by Crippen LogP contribution is 2.34. The largest absolute Gasteiger partial charge is 0.396 e. The van der Waals surface area contributed by atoms with Gasteiger partial charge in [-0.15, -0.1) is 0 Å². The van der Waals surface area contributed by atoms with Gasteiger partial charge in [-0.2, -0.15) is 0 Å². The van der Waals surface area contributed by atoms with Crippen LogP contribution in [0.4, 0.5) is 4.39 Å². The van der Waals surface area contributed by atoms with E-state index >= 15 is 4.39 Å². The first-order valence-electron chi connectivity index (χ1n) is 13.8. The summed E-state index contributed by atoms with van der Waals surface area (Å²) >= 11 is 0. The van der Waals surface area contributed by atoms with Crippen molar-refractivity contribution in [2.75, 3.05) is 45.6 Å². The Hall–Kier alpha value is -2.33. The maximum atomic E-state index is 15.3. The van der Waals surface area contributed by atoms with Gasteiger partial charge in [-0.1, -0.05) is 0 Å². The number of aliphatic hydroxyl groups is 1. The van der Waals surface area contributed by atoms with Crippen molar-refractivity contribution in [2.45, 2.75) is 55.4 Å². The molecule has 0 radical (unpaired) electrons. The molecule has 0 amide bonds. The van der Waals surface area contributed by atoms with Gasteiger partial charge in [-0.3, -0.25) is 0 Å². The van der Waals surface area contributed by atoms with Crippen molar-refractivity contribution in [3.8, 4) is 11.4 Å². The average molecular weight is 543 g/mol. The zero-order chi connectivity index (χ0) is 26.9. The molecule has 2 aliphatic heterocycles. The van der Waals surface area contributed by atoms with Gasteiger partial charge in [0.1, 0.15) is 11.3 Å². The van der Waals surface area contributed by atoms with Crippen LogP contribution in [0, 0.1) is 5.82 Å². The predicted molar refractivity (Wildman–Crippen MR) is 149 cm³/mol. The summed E-state index contributed by atoms with van der Waals surface area (Å²) in [5.74, 6) is 0.637. The van der Waals surface area contributed by atoms with Crippen LogP contribution in [-0.2, 0) is 16.9 Å². The van der Waals surface area contributed by atoms with Crippen LogP contribution < -0.4 is 0 Å². The number of aryl methyl sites for hydroxylation is 1. The molecular formula is C29H39FN4O3S. The van der Waals surface area contributed by atoms with E-state index in [-0.39, 0.29) is 17.3 Å². The zero-order valence-corrected chi connectivity index (χ0v) is 23.3. The molecule has 1 aromatic heterocycles. The minimum Gasteiger partial charge on any atom is -0.396 e. The number of benzene rings is 2. The molecule has 3 aromatic rings. The lowest BCUT2D eigenvalue weighted by Crippen LogP contribution is -2.41. The molecule has 2 aliphatic rings. The maximum Gasteiger partial charge on any atom is 0.175 e. The van der Waals surface area contributed by atoms with E-state index in [1.165, 1.54) is 25.5 Å². The smallest absolute Gasteiger partial charge is 0.175 e. The molecule has 2 aromatic carbocycles. The zero-order valence-electron chi connectivity index (χ0n) is 22.4. The number of hydrogen-bond donors (Lipinski definition) is 1. The van der Waals surface area contributed by atoms with Crippen LogP contribution in [0.15, 0.2) is 41.3 Å². The van der Waals surface area contributed by atoms with Gasteiger partial charge in [-0.25, -0.2) is 17.8 Å². The molecule has 3 heterocycles. The molecule has 1 atom stereocenters. The van der Waals surface area contributed by atoms with Gasteiger partial charge in [0.05, 0.1) is 10.4 Å². The minimum atomic E-state index is -3.28. The van der Waals surface area contributed by atoms with Gasteiger partial charge in [0.15, 0.2) is 15.7 Å². The normalized spacial score (nSPS) is 20.7. The van der Waals surface area contributed by atoms with Crippen LogP contribution in [0.25, 0.3) is 22.4 Å². The van der Waals surface area contributed by atoms with E-state index in [0.717, 1.165) is 68.6 Å². The van der Waals surface area contributed by atoms with Crippen LogP contribution in [0.2, 0.25) is 0 Å². The number of likely N-dealkylation sites (tertiary alicyclic amines) is 2. The Morgan fingerprint density at radius 3 is 2.45 bits per heavy atom. The number of nitrogens with zero attached hydrogens (tertiary/aromatic N) is 4. The van der Waals surface area contributed by atoms with Gasteiger partial charge >= 0.3 is 0 Å². The molecule has 5 rings (SSSR count). The van der Waals surface area contributed by atoms with Crippen molar-refractivity contribution in [2.24, 2.45) is 7.05 Å². The molecule has 0 bridgehead atoms. The third-order valence-corrected chi connectivity index (χ3v) is 9.57. The number of aromatic nitrogens is 2. The van der Waals surface area contributed by atoms with Crippen LogP contribution in [0.1, 0.15) is 50.0 Å². The fraction of sp³-hybridized carbons (Fsp3) is 0.552. The third kappa shape index (κ3) is 5.81. The second kappa shape index (κ2) is 11.4. The monoisotopic (exact) mass is 542 g/mol. The van der Waals surface area contributed by atoms with Gasteiger partial charge < -0.3 is 19.5 Å². The van der Waals surface area contributed by atoms with Gasteiger partial charge in [0.25, 0.3) is 0 Å². The van der Waals surface area contributed by atoms with E-state index in [2.05, 4.69) is 20.9 Å². The van der Waals surface area contributed by atoms with E-state index in [4.69, 9.17) is 5.11 Å². The topological polar surface area (TPSA) is 78.7 Å². The molecule has 38 heavy (non-hydrogen) atoms. The highest BCUT2D eigenvalue weighted by Gasteiger charge is 2.28. The van der Waals surface area contributed by atoms with Gasteiger partial charge in [-0.05, 0) is 113 Å². The summed E-state index contributed by atoms with van der Waals surface area (Å²) in [6.45, 7) is 5.55. The van der Waals surface area contributed by atoms with Crippen molar-refractivity contribution in [1.82, 2.24) is 19.4 Å². The first kappa shape index (κ1) is 27.2. The quantitative estimate of drug-likeness (QED) is 0.482. The number of piperidine rings is 1. The minimum absolute atomic E-state index is 0.252. The molecule has 0 saturated carbocycles. The lowest BCUT2D eigenvalue weighted by Gasteiger charge is -2.37. The van der Waals surface area contributed by atoms with Crippen LogP contribution >= 0.6 is 0 Å². The first-order valence-corrected chi connectivity index (χ1v) is 15.7. The third-order valence-electron chi connectivity index (χ3n) is 8.44. The second-order valence-electron chi connectivity index (χ2n) is 11.0. The summed E-state index contributed by atoms with van der Waals surface area (Å²) in [4.78, 5) is 9.96. The molecule has 1 unspecified atom stereocenters. The van der Waals surface area contributed by atoms with E-state index in [9.17, 15) is 8.42 Å². The Morgan fingerprint density at radius 2 is 1.76 bits per heavy atom. The number of fused-ring (bicyclic) bond motifs is 1. The fourth-order valence-electron chi connectivity index (χ4n) is 6.23. The Bertz CT molecular complexity index is 1360. The highest BCUT2D eigenvalue weighted by atomic mass is 32.2. The summed E-state index contributed by atoms with van der Waals surface area (Å²) in [5, 5.41) is 9.14. The van der Waals surface area contributed by atoms with E-state index in [0.29, 0.717) is 23.3 Å². The fourth-order valence-corrected chi connectivity index (χ4v) is 6.86. The Kier molecular flexibility index (Phi) is 8.19. The van der Waals surface area contributed by atoms with Crippen LogP contribution in [0.5, 0.6) is 0 Å². The summed E-state index contributed by atoms with van der Waals surface area (Å²) in [6.07, 6.45) is 7.69. The lowest BCUT2D eigenvalue weighted by atomic mass is 9.88. The Labute approximate surface area is 225 Å². The van der Waals surface area contributed by atoms with Crippen molar-refractivity contribution >= 4 is 20.9 Å². The van der Waals surface area contributed by atoms with Crippen LogP contribution in [0.3, 0.4) is 0 Å². The summed E-state index contributed by atoms with van der Waals surface area (Å²) < 4.78 is 40.8. The first-order chi connectivity index (χ1) is 18.2. The standard InChI is InChI=1S/C29H39FN4O3S/c1-32-27-20-23(19-26(30)28(27)31-29(32)22-6-8-25(9-7-22)38(2,36)37)21-10-16-34(17-11-21)24-5-3-13-33(15-12-24)14-4-18-35/h6-9,19-21,24,35H,3-5,10-18H2,1-2H3. The van der Waals surface area contributed by atoms with Gasteiger partial charge in [0.2, 0.25) is 0 Å². The van der Waals surface area contributed by atoms with E-state index in [1.807, 2.05) is 11.6 Å². The number of rotatable bonds is 7. The van der Waals surface area contributed by atoms with Gasteiger partial charge in [0, 0.05) is 38.1 Å². The van der Waals surface area contributed by atoms with Crippen LogP contribution in [-0.4, -0.2) is 84.5 Å². The molecule has 9 heteroatoms. The number of imidazole rings is 1. The molecule has 0 aliphatic carbocycles. The highest BCUT2D eigenvalue weighted by molar-refractivity contribution is 7.90. The summed E-state index contributed by atoms with van der Waals surface area (Å²) in [7, 11) is -1.40. The number of halogens is 1. The predicted octanol–water partition coefficient (Wildman–Crippen LogP) is 4.20. The van der Waals surface area contributed by atoms with E-state index < -0.39 is 9.84 Å². The Morgan fingerprint density at radius 1 is 1.03 bits per heavy atom. The lowest BCUT2D eigenvalue weighted by molar-refractivity contribution is 0.137. The Balaban J connectivity index is 1.28. The van der Waals surface area contributed by atoms with Crippen molar-refractivity contribution in [3.05, 3.63) is 47.8 Å². The van der Waals surface area contributed by atoms with Crippen molar-refractivity contribution in [3.63, 3.8) is 0 Å². The number of sulfone groups is 1. The number of hydrogen-bond acceptors (Lipinski definition) is 6. The van der Waals surface area contributed by atoms with Crippen molar-refractivity contribution < 1.29 is 17.9 Å². The molecule has 206 valence electrons. The summed E-state index contributed by atoms with van der Waals surface area (Å²) in [6, 6.07) is 11.0. The van der Waals surface area contributed by atoms with Crippen molar-refractivity contribution in [1.29, 1.82) is 0 Å². The SMILES string of the molecule is Cn1c(-c2ccc(S(C)(=O)=O)cc2)nc2c(F)cc(C3CCN(C4CCCN(CCCO)CC4)CC3)cc21. The average Bonchev–Trinajstić information content (AvgIpc) is 3.08. The number of aliphatic hydroxyl groups excluding tert-OH is 1. The molecule has 2 saturated heterocycles. The molecule has 1 N–H and O–H groups in total.